The van der Waals surface area contributed by atoms with Gasteiger partial charge in [0, 0.05) is 15.7 Å². The second-order valence-corrected chi connectivity index (χ2v) is 4.66. The molecule has 94 valence electrons. The first kappa shape index (κ1) is 13.3. The molecule has 19 heavy (non-hydrogen) atoms. The number of carbonyl (C=O) groups excluding carboxylic acids is 1. The molecule has 0 bridgehead atoms. The third kappa shape index (κ3) is 3.21. The minimum Gasteiger partial charge on any atom is -0.322 e. The minimum atomic E-state index is -0.405. The van der Waals surface area contributed by atoms with Crippen molar-refractivity contribution in [1.29, 1.82) is 0 Å². The van der Waals surface area contributed by atoms with Crippen molar-refractivity contribution in [3.63, 3.8) is 0 Å². The molecule has 0 atom stereocenters. The van der Waals surface area contributed by atoms with Crippen LogP contribution in [-0.4, -0.2) is 5.91 Å². The maximum atomic E-state index is 13.0. The van der Waals surface area contributed by atoms with Gasteiger partial charge >= 0.3 is 0 Å². The van der Waals surface area contributed by atoms with E-state index in [0.717, 1.165) is 0 Å². The first-order valence-corrected chi connectivity index (χ1v) is 6.22. The molecule has 0 radical (unpaired) electrons. The van der Waals surface area contributed by atoms with Crippen LogP contribution in [-0.2, 0) is 0 Å². The van der Waals surface area contributed by atoms with Gasteiger partial charge in [-0.15, -0.1) is 6.42 Å². The molecular formula is C15H9BrFNO. The second kappa shape index (κ2) is 5.68. The summed E-state index contributed by atoms with van der Waals surface area (Å²) in [6.07, 6.45) is 5.29. The van der Waals surface area contributed by atoms with Crippen LogP contribution >= 0.6 is 15.9 Å². The van der Waals surface area contributed by atoms with E-state index in [1.165, 1.54) is 18.2 Å². The zero-order valence-electron chi connectivity index (χ0n) is 9.78. The highest BCUT2D eigenvalue weighted by molar-refractivity contribution is 9.10. The molecule has 0 aromatic heterocycles. The summed E-state index contributed by atoms with van der Waals surface area (Å²) in [4.78, 5) is 12.0. The molecule has 0 saturated carbocycles. The average molecular weight is 318 g/mol. The molecule has 0 aliphatic carbocycles. The smallest absolute Gasteiger partial charge is 0.256 e. The number of carbonyl (C=O) groups is 1. The van der Waals surface area contributed by atoms with E-state index < -0.39 is 5.82 Å². The quantitative estimate of drug-likeness (QED) is 0.838. The third-order valence-corrected chi connectivity index (χ3v) is 3.12. The fourth-order valence-corrected chi connectivity index (χ4v) is 2.09. The fourth-order valence-electron chi connectivity index (χ4n) is 1.56. The molecule has 1 amide bonds. The second-order valence-electron chi connectivity index (χ2n) is 3.80. The van der Waals surface area contributed by atoms with Gasteiger partial charge in [0.2, 0.25) is 0 Å². The predicted octanol–water partition coefficient (Wildman–Crippen LogP) is 3.82. The molecule has 2 rings (SSSR count). The van der Waals surface area contributed by atoms with Gasteiger partial charge in [-0.2, -0.15) is 0 Å². The van der Waals surface area contributed by atoms with Gasteiger partial charge in [-0.3, -0.25) is 4.79 Å². The normalized spacial score (nSPS) is 9.74. The summed E-state index contributed by atoms with van der Waals surface area (Å²) in [7, 11) is 0. The summed E-state index contributed by atoms with van der Waals surface area (Å²) in [6, 6.07) is 10.8. The van der Waals surface area contributed by atoms with Crippen molar-refractivity contribution in [2.45, 2.75) is 0 Å². The molecular weight excluding hydrogens is 309 g/mol. The van der Waals surface area contributed by atoms with Crippen LogP contribution < -0.4 is 5.32 Å². The number of halogens is 2. The van der Waals surface area contributed by atoms with E-state index in [-0.39, 0.29) is 5.91 Å². The van der Waals surface area contributed by atoms with Gasteiger partial charge in [0.15, 0.2) is 0 Å². The summed E-state index contributed by atoms with van der Waals surface area (Å²) in [5.74, 6) is 1.75. The lowest BCUT2D eigenvalue weighted by atomic mass is 10.2. The summed E-state index contributed by atoms with van der Waals surface area (Å²) in [6.45, 7) is 0. The zero-order chi connectivity index (χ0) is 13.8. The Hall–Kier alpha value is -2.12. The molecule has 0 unspecified atom stereocenters. The van der Waals surface area contributed by atoms with Crippen LogP contribution in [0.25, 0.3) is 0 Å². The maximum absolute atomic E-state index is 13.0. The van der Waals surface area contributed by atoms with E-state index in [4.69, 9.17) is 6.42 Å². The molecule has 0 saturated heterocycles. The highest BCUT2D eigenvalue weighted by Gasteiger charge is 2.11. The van der Waals surface area contributed by atoms with Gasteiger partial charge in [0.1, 0.15) is 5.82 Å². The summed E-state index contributed by atoms with van der Waals surface area (Å²) < 4.78 is 13.4. The van der Waals surface area contributed by atoms with Crippen LogP contribution in [0.15, 0.2) is 46.9 Å². The lowest BCUT2D eigenvalue weighted by molar-refractivity contribution is 0.102. The van der Waals surface area contributed by atoms with Crippen molar-refractivity contribution in [2.75, 3.05) is 5.32 Å². The molecule has 2 aromatic carbocycles. The number of rotatable bonds is 2. The average Bonchev–Trinajstić information content (AvgIpc) is 2.38. The Morgan fingerprint density at radius 3 is 2.74 bits per heavy atom. The third-order valence-electron chi connectivity index (χ3n) is 2.46. The molecule has 2 aromatic rings. The first-order chi connectivity index (χ1) is 9.10. The minimum absolute atomic E-state index is 0.332. The Kier molecular flexibility index (Phi) is 3.98. The van der Waals surface area contributed by atoms with Gasteiger partial charge in [-0.1, -0.05) is 12.0 Å². The van der Waals surface area contributed by atoms with Crippen molar-refractivity contribution in [2.24, 2.45) is 0 Å². The van der Waals surface area contributed by atoms with E-state index in [0.29, 0.717) is 21.3 Å². The number of benzene rings is 2. The largest absolute Gasteiger partial charge is 0.322 e. The Morgan fingerprint density at radius 2 is 2.05 bits per heavy atom. The van der Waals surface area contributed by atoms with E-state index in [1.54, 1.807) is 24.3 Å². The van der Waals surface area contributed by atoms with Gasteiger partial charge in [-0.25, -0.2) is 4.39 Å². The number of terminal acetylenes is 1. The van der Waals surface area contributed by atoms with Crippen LogP contribution in [0.4, 0.5) is 10.1 Å². The van der Waals surface area contributed by atoms with Crippen LogP contribution in [0.3, 0.4) is 0 Å². The molecule has 4 heteroatoms. The lowest BCUT2D eigenvalue weighted by Crippen LogP contribution is -2.12. The number of amides is 1. The van der Waals surface area contributed by atoms with Gasteiger partial charge in [-0.05, 0) is 52.3 Å². The van der Waals surface area contributed by atoms with E-state index >= 15 is 0 Å². The van der Waals surface area contributed by atoms with Crippen LogP contribution in [0, 0.1) is 18.2 Å². The van der Waals surface area contributed by atoms with Crippen LogP contribution in [0.5, 0.6) is 0 Å². The van der Waals surface area contributed by atoms with Crippen molar-refractivity contribution in [1.82, 2.24) is 0 Å². The van der Waals surface area contributed by atoms with E-state index in [9.17, 15) is 9.18 Å². The molecule has 2 nitrogen and oxygen atoms in total. The highest BCUT2D eigenvalue weighted by atomic mass is 79.9. The molecule has 0 heterocycles. The van der Waals surface area contributed by atoms with Gasteiger partial charge in [0.25, 0.3) is 5.91 Å². The highest BCUT2D eigenvalue weighted by Crippen LogP contribution is 2.20. The standard InChI is InChI=1S/C15H9BrFNO/c1-2-10-4-3-5-12(8-10)18-15(19)13-7-6-11(17)9-14(13)16/h1,3-9H,(H,18,19). The number of anilines is 1. The van der Waals surface area contributed by atoms with Crippen LogP contribution in [0.1, 0.15) is 15.9 Å². The number of hydrogen-bond acceptors (Lipinski definition) is 1. The zero-order valence-corrected chi connectivity index (χ0v) is 11.4. The van der Waals surface area contributed by atoms with Gasteiger partial charge < -0.3 is 5.32 Å². The molecule has 0 fully saturated rings. The predicted molar refractivity (Wildman–Crippen MR) is 76.4 cm³/mol. The van der Waals surface area contributed by atoms with Gasteiger partial charge in [0.05, 0.1) is 5.56 Å². The summed E-state index contributed by atoms with van der Waals surface area (Å²) in [5.41, 5.74) is 1.63. The monoisotopic (exact) mass is 317 g/mol. The topological polar surface area (TPSA) is 29.1 Å². The Balaban J connectivity index is 2.23. The Labute approximate surface area is 118 Å². The fraction of sp³-hybridized carbons (Fsp3) is 0. The van der Waals surface area contributed by atoms with Crippen molar-refractivity contribution < 1.29 is 9.18 Å². The molecule has 1 N–H and O–H groups in total. The van der Waals surface area contributed by atoms with Crippen LogP contribution in [0.2, 0.25) is 0 Å². The number of nitrogens with one attached hydrogen (secondary N) is 1. The van der Waals surface area contributed by atoms with E-state index in [2.05, 4.69) is 27.2 Å². The molecule has 0 aliphatic rings. The maximum Gasteiger partial charge on any atom is 0.256 e. The Bertz CT molecular complexity index is 676. The first-order valence-electron chi connectivity index (χ1n) is 5.43. The van der Waals surface area contributed by atoms with Crippen molar-refractivity contribution >= 4 is 27.5 Å². The SMILES string of the molecule is C#Cc1cccc(NC(=O)c2ccc(F)cc2Br)c1. The lowest BCUT2D eigenvalue weighted by Gasteiger charge is -2.07. The van der Waals surface area contributed by atoms with Crippen molar-refractivity contribution in [3.05, 3.63) is 63.9 Å². The number of hydrogen-bond donors (Lipinski definition) is 1. The molecule has 0 aliphatic heterocycles. The summed E-state index contributed by atoms with van der Waals surface area (Å²) in [5, 5.41) is 2.71. The van der Waals surface area contributed by atoms with Crippen molar-refractivity contribution in [3.8, 4) is 12.3 Å². The van der Waals surface area contributed by atoms with E-state index in [1.807, 2.05) is 0 Å². The summed E-state index contributed by atoms with van der Waals surface area (Å²) >= 11 is 3.16. The molecule has 0 spiro atoms. The Morgan fingerprint density at radius 1 is 1.26 bits per heavy atom.